The standard InChI is InChI=1S/C11H13FN2O2/c1-2-16-11(15)5-3-4-10-9(13)6-8(12)7-14-10/h3-4,6-7H,2,5,13H2,1H3. The average molecular weight is 224 g/mol. The maximum atomic E-state index is 12.7. The summed E-state index contributed by atoms with van der Waals surface area (Å²) in [5.41, 5.74) is 6.20. The molecule has 0 atom stereocenters. The SMILES string of the molecule is CCOC(=O)CC=Cc1ncc(F)cc1N. The lowest BCUT2D eigenvalue weighted by Crippen LogP contribution is -2.01. The quantitative estimate of drug-likeness (QED) is 0.791. The highest BCUT2D eigenvalue weighted by molar-refractivity contribution is 5.73. The van der Waals surface area contributed by atoms with Crippen LogP contribution in [0.25, 0.3) is 6.08 Å². The summed E-state index contributed by atoms with van der Waals surface area (Å²) in [5.74, 6) is -0.806. The number of ether oxygens (including phenoxy) is 1. The Labute approximate surface area is 92.9 Å². The van der Waals surface area contributed by atoms with Crippen molar-refractivity contribution in [1.82, 2.24) is 4.98 Å². The lowest BCUT2D eigenvalue weighted by molar-refractivity contribution is -0.142. The third kappa shape index (κ3) is 3.68. The van der Waals surface area contributed by atoms with E-state index in [0.29, 0.717) is 12.3 Å². The van der Waals surface area contributed by atoms with Gasteiger partial charge < -0.3 is 10.5 Å². The van der Waals surface area contributed by atoms with Gasteiger partial charge in [0, 0.05) is 6.07 Å². The first-order chi connectivity index (χ1) is 7.63. The van der Waals surface area contributed by atoms with Crippen LogP contribution in [0.5, 0.6) is 0 Å². The Kier molecular flexibility index (Phi) is 4.44. The number of hydrogen-bond acceptors (Lipinski definition) is 4. The van der Waals surface area contributed by atoms with E-state index in [4.69, 9.17) is 10.5 Å². The predicted octanol–water partition coefficient (Wildman–Crippen LogP) is 1.77. The molecule has 0 aromatic carbocycles. The minimum Gasteiger partial charge on any atom is -0.466 e. The third-order valence-electron chi connectivity index (χ3n) is 1.78. The Morgan fingerprint density at radius 2 is 2.44 bits per heavy atom. The fourth-order valence-corrected chi connectivity index (χ4v) is 1.09. The van der Waals surface area contributed by atoms with Crippen LogP contribution in [-0.2, 0) is 9.53 Å². The van der Waals surface area contributed by atoms with Crippen molar-refractivity contribution in [2.24, 2.45) is 0 Å². The number of anilines is 1. The van der Waals surface area contributed by atoms with Gasteiger partial charge in [-0.1, -0.05) is 6.08 Å². The molecule has 0 saturated carbocycles. The van der Waals surface area contributed by atoms with Gasteiger partial charge in [-0.3, -0.25) is 9.78 Å². The van der Waals surface area contributed by atoms with Crippen molar-refractivity contribution >= 4 is 17.7 Å². The number of aromatic nitrogens is 1. The van der Waals surface area contributed by atoms with Crippen LogP contribution in [0.3, 0.4) is 0 Å². The molecule has 1 aromatic rings. The highest BCUT2D eigenvalue weighted by Crippen LogP contribution is 2.11. The van der Waals surface area contributed by atoms with Gasteiger partial charge in [-0.25, -0.2) is 4.39 Å². The van der Waals surface area contributed by atoms with Crippen molar-refractivity contribution in [3.63, 3.8) is 0 Å². The second kappa shape index (κ2) is 5.85. The number of hydrogen-bond donors (Lipinski definition) is 1. The Balaban J connectivity index is 2.59. The fraction of sp³-hybridized carbons (Fsp3) is 0.273. The number of pyridine rings is 1. The van der Waals surface area contributed by atoms with Gasteiger partial charge in [0.05, 0.1) is 30.6 Å². The molecule has 0 aliphatic carbocycles. The first-order valence-electron chi connectivity index (χ1n) is 4.86. The number of carbonyl (C=O) groups is 1. The number of carbonyl (C=O) groups excluding carboxylic acids is 1. The van der Waals surface area contributed by atoms with Crippen LogP contribution < -0.4 is 5.73 Å². The molecule has 0 aliphatic rings. The highest BCUT2D eigenvalue weighted by Gasteiger charge is 2.00. The van der Waals surface area contributed by atoms with Crippen molar-refractivity contribution < 1.29 is 13.9 Å². The van der Waals surface area contributed by atoms with Crippen molar-refractivity contribution in [1.29, 1.82) is 0 Å². The molecule has 0 unspecified atom stereocenters. The van der Waals surface area contributed by atoms with Gasteiger partial charge >= 0.3 is 5.97 Å². The lowest BCUT2D eigenvalue weighted by atomic mass is 10.2. The minimum atomic E-state index is -0.486. The van der Waals surface area contributed by atoms with Crippen LogP contribution in [0.15, 0.2) is 18.3 Å². The monoisotopic (exact) mass is 224 g/mol. The van der Waals surface area contributed by atoms with Crippen LogP contribution in [0, 0.1) is 5.82 Å². The second-order valence-corrected chi connectivity index (χ2v) is 3.04. The molecule has 0 saturated heterocycles. The molecule has 86 valence electrons. The highest BCUT2D eigenvalue weighted by atomic mass is 19.1. The average Bonchev–Trinajstić information content (AvgIpc) is 2.22. The maximum absolute atomic E-state index is 12.7. The molecular weight excluding hydrogens is 211 g/mol. The molecule has 0 radical (unpaired) electrons. The molecule has 5 heteroatoms. The molecule has 0 spiro atoms. The molecule has 2 N–H and O–H groups in total. The van der Waals surface area contributed by atoms with E-state index in [0.717, 1.165) is 6.20 Å². The number of nitrogen functional groups attached to an aromatic ring is 1. The van der Waals surface area contributed by atoms with Gasteiger partial charge in [-0.2, -0.15) is 0 Å². The molecule has 1 rings (SSSR count). The van der Waals surface area contributed by atoms with Crippen LogP contribution in [0.1, 0.15) is 19.0 Å². The number of nitrogens with zero attached hydrogens (tertiary/aromatic N) is 1. The molecule has 0 aliphatic heterocycles. The second-order valence-electron chi connectivity index (χ2n) is 3.04. The fourth-order valence-electron chi connectivity index (χ4n) is 1.09. The number of esters is 1. The zero-order valence-electron chi connectivity index (χ0n) is 8.94. The summed E-state index contributed by atoms with van der Waals surface area (Å²) in [4.78, 5) is 14.8. The van der Waals surface area contributed by atoms with Gasteiger partial charge in [0.15, 0.2) is 0 Å². The van der Waals surface area contributed by atoms with Gasteiger partial charge in [-0.05, 0) is 13.0 Å². The van der Waals surface area contributed by atoms with E-state index >= 15 is 0 Å². The molecule has 16 heavy (non-hydrogen) atoms. The topological polar surface area (TPSA) is 65.2 Å². The molecule has 0 fully saturated rings. The van der Waals surface area contributed by atoms with E-state index in [-0.39, 0.29) is 18.1 Å². The molecule has 1 aromatic heterocycles. The van der Waals surface area contributed by atoms with E-state index in [9.17, 15) is 9.18 Å². The Hall–Kier alpha value is -1.91. The molecule has 4 nitrogen and oxygen atoms in total. The summed E-state index contributed by atoms with van der Waals surface area (Å²) in [6.45, 7) is 2.09. The first kappa shape index (κ1) is 12.2. The lowest BCUT2D eigenvalue weighted by Gasteiger charge is -1.99. The minimum absolute atomic E-state index is 0.145. The van der Waals surface area contributed by atoms with E-state index in [1.807, 2.05) is 0 Å². The predicted molar refractivity (Wildman–Crippen MR) is 58.9 cm³/mol. The molecule has 0 bridgehead atoms. The van der Waals surface area contributed by atoms with Gasteiger partial charge in [0.25, 0.3) is 0 Å². The summed E-state index contributed by atoms with van der Waals surface area (Å²) < 4.78 is 17.4. The van der Waals surface area contributed by atoms with Gasteiger partial charge in [0.1, 0.15) is 5.82 Å². The largest absolute Gasteiger partial charge is 0.466 e. The summed E-state index contributed by atoms with van der Waals surface area (Å²) in [5, 5.41) is 0. The number of rotatable bonds is 4. The van der Waals surface area contributed by atoms with Crippen LogP contribution in [0.4, 0.5) is 10.1 Å². The van der Waals surface area contributed by atoms with Gasteiger partial charge in [0.2, 0.25) is 0 Å². The van der Waals surface area contributed by atoms with E-state index < -0.39 is 5.82 Å². The smallest absolute Gasteiger partial charge is 0.309 e. The van der Waals surface area contributed by atoms with E-state index in [1.165, 1.54) is 6.07 Å². The Morgan fingerprint density at radius 1 is 1.69 bits per heavy atom. The Morgan fingerprint density at radius 3 is 3.06 bits per heavy atom. The number of halogens is 1. The van der Waals surface area contributed by atoms with Crippen LogP contribution in [0.2, 0.25) is 0 Å². The summed E-state index contributed by atoms with van der Waals surface area (Å²) in [7, 11) is 0. The van der Waals surface area contributed by atoms with Crippen LogP contribution >= 0.6 is 0 Å². The molecule has 0 amide bonds. The molecule has 1 heterocycles. The normalized spacial score (nSPS) is 10.6. The third-order valence-corrected chi connectivity index (χ3v) is 1.78. The van der Waals surface area contributed by atoms with Gasteiger partial charge in [-0.15, -0.1) is 0 Å². The Bertz CT molecular complexity index is 405. The summed E-state index contributed by atoms with van der Waals surface area (Å²) >= 11 is 0. The van der Waals surface area contributed by atoms with Crippen molar-refractivity contribution in [2.45, 2.75) is 13.3 Å². The van der Waals surface area contributed by atoms with Crippen LogP contribution in [-0.4, -0.2) is 17.6 Å². The molecular formula is C11H13FN2O2. The summed E-state index contributed by atoms with van der Waals surface area (Å²) in [6, 6.07) is 1.18. The number of nitrogens with two attached hydrogens (primary N) is 1. The van der Waals surface area contributed by atoms with E-state index in [1.54, 1.807) is 19.1 Å². The van der Waals surface area contributed by atoms with Crippen molar-refractivity contribution in [3.8, 4) is 0 Å². The zero-order chi connectivity index (χ0) is 12.0. The zero-order valence-corrected chi connectivity index (χ0v) is 8.94. The van der Waals surface area contributed by atoms with Crippen molar-refractivity contribution in [3.05, 3.63) is 29.9 Å². The first-order valence-corrected chi connectivity index (χ1v) is 4.86. The summed E-state index contributed by atoms with van der Waals surface area (Å²) in [6.07, 6.45) is 4.35. The maximum Gasteiger partial charge on any atom is 0.309 e. The van der Waals surface area contributed by atoms with Crippen molar-refractivity contribution in [2.75, 3.05) is 12.3 Å². The van der Waals surface area contributed by atoms with E-state index in [2.05, 4.69) is 4.98 Å².